The maximum Gasteiger partial charge on any atom is 0.354 e. The zero-order valence-corrected chi connectivity index (χ0v) is 17.0. The Morgan fingerprint density at radius 1 is 0.536 bits per heavy atom. The number of pyridine rings is 2. The maximum absolute atomic E-state index is 10.3. The van der Waals surface area contributed by atoms with Crippen LogP contribution in [0.3, 0.4) is 0 Å². The fourth-order valence-electron chi connectivity index (χ4n) is 1.35. The van der Waals surface area contributed by atoms with Crippen molar-refractivity contribution in [1.82, 2.24) is 9.97 Å². The van der Waals surface area contributed by atoms with Crippen LogP contribution in [-0.2, 0) is 19.5 Å². The Balaban J connectivity index is -0.000000180. The van der Waals surface area contributed by atoms with Gasteiger partial charge >= 0.3 is 23.9 Å². The molecule has 0 bridgehead atoms. The van der Waals surface area contributed by atoms with Crippen molar-refractivity contribution in [2.75, 3.05) is 0 Å². The summed E-state index contributed by atoms with van der Waals surface area (Å²) in [6.45, 7) is 0. The second kappa shape index (κ2) is 14.8. The van der Waals surface area contributed by atoms with E-state index in [9.17, 15) is 19.2 Å². The number of carboxylic acid groups (broad SMARTS) is 4. The molecule has 150 valence electrons. The molecule has 0 atom stereocenters. The second-order valence-electron chi connectivity index (χ2n) is 4.04. The molecule has 2 rings (SSSR count). The summed E-state index contributed by atoms with van der Waals surface area (Å²) < 4.78 is 0. The van der Waals surface area contributed by atoms with Gasteiger partial charge in [-0.2, -0.15) is 0 Å². The third kappa shape index (κ3) is 9.98. The van der Waals surface area contributed by atoms with Crippen LogP contribution in [0, 0.1) is 0 Å². The van der Waals surface area contributed by atoms with E-state index >= 15 is 0 Å². The molecule has 0 aliphatic carbocycles. The summed E-state index contributed by atoms with van der Waals surface area (Å²) in [7, 11) is 0. The predicted molar refractivity (Wildman–Crippen MR) is 87.2 cm³/mol. The molecule has 0 saturated heterocycles. The Morgan fingerprint density at radius 2 is 0.714 bits per heavy atom. The Labute approximate surface area is 169 Å². The van der Waals surface area contributed by atoms with Crippen LogP contribution < -0.4 is 0 Å². The third-order valence-corrected chi connectivity index (χ3v) is 2.37. The van der Waals surface area contributed by atoms with Gasteiger partial charge in [0, 0.05) is 19.5 Å². The predicted octanol–water partition coefficient (Wildman–Crippen LogP) is -1.52. The van der Waals surface area contributed by atoms with E-state index in [1.54, 1.807) is 0 Å². The van der Waals surface area contributed by atoms with Gasteiger partial charge in [0.05, 0.1) is 0 Å². The van der Waals surface area contributed by atoms with Crippen molar-refractivity contribution >= 4 is 23.9 Å². The first kappa shape index (κ1) is 32.4. The van der Waals surface area contributed by atoms with Crippen molar-refractivity contribution in [3.8, 4) is 0 Å². The summed E-state index contributed by atoms with van der Waals surface area (Å²) in [5, 5.41) is 33.7. The fraction of sp³-hybridized carbons (Fsp3) is 0. The summed E-state index contributed by atoms with van der Waals surface area (Å²) in [4.78, 5) is 48.0. The van der Waals surface area contributed by atoms with Crippen LogP contribution >= 0.6 is 0 Å². The number of carboxylic acids is 4. The molecule has 2 aromatic rings. The van der Waals surface area contributed by atoms with Crippen molar-refractivity contribution in [1.29, 1.82) is 0 Å². The molecule has 13 nitrogen and oxygen atoms in total. The number of aromatic nitrogens is 2. The second-order valence-corrected chi connectivity index (χ2v) is 4.04. The molecular formula is C14H16N2O11Zn. The zero-order valence-electron chi connectivity index (χ0n) is 14.0. The minimum absolute atomic E-state index is 0. The zero-order chi connectivity index (χ0) is 18.3. The van der Waals surface area contributed by atoms with Crippen molar-refractivity contribution in [3.63, 3.8) is 0 Å². The molecule has 0 aromatic carbocycles. The average Bonchev–Trinajstić information content (AvgIpc) is 2.55. The summed E-state index contributed by atoms with van der Waals surface area (Å²) in [5.74, 6) is -4.95. The van der Waals surface area contributed by atoms with Gasteiger partial charge in [-0.1, -0.05) is 12.1 Å². The molecule has 0 amide bonds. The van der Waals surface area contributed by atoms with Gasteiger partial charge in [-0.05, 0) is 24.3 Å². The van der Waals surface area contributed by atoms with Crippen molar-refractivity contribution in [2.45, 2.75) is 0 Å². The molecular weight excluding hydrogens is 438 g/mol. The number of hydrogen-bond donors (Lipinski definition) is 4. The minimum atomic E-state index is -1.24. The normalized spacial score (nSPS) is 8.00. The summed E-state index contributed by atoms with van der Waals surface area (Å²) >= 11 is 0. The van der Waals surface area contributed by atoms with Gasteiger partial charge in [-0.25, -0.2) is 29.1 Å². The van der Waals surface area contributed by atoms with Crippen LogP contribution in [0.15, 0.2) is 36.4 Å². The molecule has 0 fully saturated rings. The molecule has 2 heterocycles. The number of nitrogens with zero attached hydrogens (tertiary/aromatic N) is 2. The molecule has 0 aliphatic heterocycles. The number of hydrogen-bond acceptors (Lipinski definition) is 6. The van der Waals surface area contributed by atoms with Crippen LogP contribution in [0.25, 0.3) is 0 Å². The third-order valence-electron chi connectivity index (χ3n) is 2.37. The van der Waals surface area contributed by atoms with Crippen LogP contribution in [0.1, 0.15) is 42.0 Å². The summed E-state index contributed by atoms with van der Waals surface area (Å²) in [6, 6.07) is 7.59. The first-order valence-electron chi connectivity index (χ1n) is 6.09. The molecule has 0 radical (unpaired) electrons. The molecule has 2 aromatic heterocycles. The van der Waals surface area contributed by atoms with E-state index in [0.717, 1.165) is 0 Å². The molecule has 0 spiro atoms. The Morgan fingerprint density at radius 3 is 0.857 bits per heavy atom. The van der Waals surface area contributed by atoms with E-state index in [0.29, 0.717) is 0 Å². The van der Waals surface area contributed by atoms with Crippen LogP contribution in [0.5, 0.6) is 0 Å². The van der Waals surface area contributed by atoms with E-state index in [1.807, 2.05) is 0 Å². The van der Waals surface area contributed by atoms with Gasteiger partial charge in [-0.3, -0.25) is 0 Å². The van der Waals surface area contributed by atoms with E-state index < -0.39 is 23.9 Å². The molecule has 14 heteroatoms. The number of aromatic carboxylic acids is 4. The summed E-state index contributed by atoms with van der Waals surface area (Å²) in [6.07, 6.45) is 0. The van der Waals surface area contributed by atoms with E-state index in [4.69, 9.17) is 20.4 Å². The van der Waals surface area contributed by atoms with Gasteiger partial charge in [0.15, 0.2) is 0 Å². The molecule has 0 aliphatic rings. The number of carbonyl (C=O) groups is 4. The first-order chi connectivity index (χ1) is 11.2. The molecule has 28 heavy (non-hydrogen) atoms. The van der Waals surface area contributed by atoms with Crippen LogP contribution in [-0.4, -0.2) is 70.7 Å². The molecule has 10 N–H and O–H groups in total. The fourth-order valence-corrected chi connectivity index (χ4v) is 1.35. The molecule has 0 unspecified atom stereocenters. The van der Waals surface area contributed by atoms with Gasteiger partial charge in [0.2, 0.25) is 0 Å². The Hall–Kier alpha value is -3.32. The van der Waals surface area contributed by atoms with E-state index in [2.05, 4.69) is 9.97 Å². The summed E-state index contributed by atoms with van der Waals surface area (Å²) in [5.41, 5.74) is -1.07. The van der Waals surface area contributed by atoms with Gasteiger partial charge in [-0.15, -0.1) is 0 Å². The topological polar surface area (TPSA) is 269 Å². The Bertz CT molecular complexity index is 687. The standard InChI is InChI=1S/2C7H5NO4.3H2O.Zn/c2*9-6(10)4-2-1-3-5(8-4)7(11)12;;;;/h2*1-3H,(H,9,10)(H,11,12);3*1H2;. The van der Waals surface area contributed by atoms with Gasteiger partial charge in [0.1, 0.15) is 22.8 Å². The maximum atomic E-state index is 10.3. The van der Waals surface area contributed by atoms with Gasteiger partial charge < -0.3 is 36.9 Å². The van der Waals surface area contributed by atoms with E-state index in [-0.39, 0.29) is 58.7 Å². The van der Waals surface area contributed by atoms with E-state index in [1.165, 1.54) is 36.4 Å². The monoisotopic (exact) mass is 452 g/mol. The Kier molecular flexibility index (Phi) is 17.1. The largest absolute Gasteiger partial charge is 0.477 e. The first-order valence-corrected chi connectivity index (χ1v) is 6.09. The van der Waals surface area contributed by atoms with Crippen molar-refractivity contribution in [2.24, 2.45) is 0 Å². The average molecular weight is 454 g/mol. The van der Waals surface area contributed by atoms with Gasteiger partial charge in [0.25, 0.3) is 0 Å². The smallest absolute Gasteiger partial charge is 0.354 e. The number of rotatable bonds is 4. The van der Waals surface area contributed by atoms with Crippen LogP contribution in [0.2, 0.25) is 0 Å². The minimum Gasteiger partial charge on any atom is -0.477 e. The SMILES string of the molecule is O.O.O.O=C(O)c1cccc(C(=O)O)n1.O=C(O)c1cccc(C(=O)O)n1.[Zn]. The molecule has 0 saturated carbocycles. The van der Waals surface area contributed by atoms with Crippen LogP contribution in [0.4, 0.5) is 0 Å². The quantitative estimate of drug-likeness (QED) is 0.388. The van der Waals surface area contributed by atoms with Crippen molar-refractivity contribution < 1.29 is 75.5 Å². The van der Waals surface area contributed by atoms with Crippen molar-refractivity contribution in [3.05, 3.63) is 59.2 Å².